The summed E-state index contributed by atoms with van der Waals surface area (Å²) >= 11 is 0. The average Bonchev–Trinajstić information content (AvgIpc) is 2.72. The summed E-state index contributed by atoms with van der Waals surface area (Å²) < 4.78 is 16.4. The molecule has 0 aliphatic rings. The zero-order chi connectivity index (χ0) is 22.1. The third-order valence-electron chi connectivity index (χ3n) is 4.47. The van der Waals surface area contributed by atoms with Crippen LogP contribution < -0.4 is 14.8 Å². The van der Waals surface area contributed by atoms with Crippen LogP contribution in [0.5, 0.6) is 11.5 Å². The summed E-state index contributed by atoms with van der Waals surface area (Å²) in [4.78, 5) is 24.8. The Kier molecular flexibility index (Phi) is 8.71. The lowest BCUT2D eigenvalue weighted by molar-refractivity contribution is -0.119. The van der Waals surface area contributed by atoms with Crippen molar-refractivity contribution in [3.63, 3.8) is 0 Å². The first kappa shape index (κ1) is 23.3. The molecule has 0 spiro atoms. The molecule has 0 bridgehead atoms. The van der Waals surface area contributed by atoms with E-state index in [-0.39, 0.29) is 18.4 Å². The van der Waals surface area contributed by atoms with E-state index >= 15 is 0 Å². The largest absolute Gasteiger partial charge is 0.490 e. The van der Waals surface area contributed by atoms with Crippen LogP contribution in [0, 0.1) is 6.92 Å². The summed E-state index contributed by atoms with van der Waals surface area (Å²) in [6.45, 7) is 10.6. The number of nitrogens with one attached hydrogen (secondary N) is 1. The molecule has 0 aromatic heterocycles. The molecule has 1 N–H and O–H groups in total. The normalized spacial score (nSPS) is 10.6. The predicted molar refractivity (Wildman–Crippen MR) is 118 cm³/mol. The number of carbonyl (C=O) groups is 2. The van der Waals surface area contributed by atoms with Crippen molar-refractivity contribution in [1.82, 2.24) is 0 Å². The molecule has 0 unspecified atom stereocenters. The summed E-state index contributed by atoms with van der Waals surface area (Å²) in [6, 6.07) is 10.7. The molecule has 1 amide bonds. The second kappa shape index (κ2) is 11.2. The fraction of sp³-hybridized carbons (Fsp3) is 0.417. The SMILES string of the molecule is CCCOc1ccc(C(=O)OCC(=O)Nc2c(C)cccc2C(C)C)cc1OCC. The van der Waals surface area contributed by atoms with Gasteiger partial charge in [0, 0.05) is 5.69 Å². The van der Waals surface area contributed by atoms with Crippen molar-refractivity contribution in [2.24, 2.45) is 0 Å². The lowest BCUT2D eigenvalue weighted by atomic mass is 9.98. The van der Waals surface area contributed by atoms with Gasteiger partial charge in [-0.3, -0.25) is 4.79 Å². The van der Waals surface area contributed by atoms with Gasteiger partial charge in [0.2, 0.25) is 0 Å². The van der Waals surface area contributed by atoms with Crippen molar-refractivity contribution in [1.29, 1.82) is 0 Å². The van der Waals surface area contributed by atoms with Gasteiger partial charge in [0.05, 0.1) is 18.8 Å². The molecule has 6 nitrogen and oxygen atoms in total. The second-order valence-corrected chi connectivity index (χ2v) is 7.26. The van der Waals surface area contributed by atoms with Gasteiger partial charge in [0.1, 0.15) is 0 Å². The summed E-state index contributed by atoms with van der Waals surface area (Å²) in [6.07, 6.45) is 0.865. The maximum atomic E-state index is 12.4. The van der Waals surface area contributed by atoms with Crippen LogP contribution in [-0.2, 0) is 9.53 Å². The lowest BCUT2D eigenvalue weighted by Gasteiger charge is -2.16. The number of amides is 1. The fourth-order valence-corrected chi connectivity index (χ4v) is 2.97. The number of rotatable bonds is 10. The number of benzene rings is 2. The van der Waals surface area contributed by atoms with E-state index in [0.29, 0.717) is 30.3 Å². The highest BCUT2D eigenvalue weighted by Crippen LogP contribution is 2.29. The third-order valence-corrected chi connectivity index (χ3v) is 4.47. The smallest absolute Gasteiger partial charge is 0.338 e. The molecule has 0 saturated heterocycles. The van der Waals surface area contributed by atoms with Gasteiger partial charge in [-0.1, -0.05) is 39.0 Å². The summed E-state index contributed by atoms with van der Waals surface area (Å²) in [5, 5.41) is 2.87. The van der Waals surface area contributed by atoms with Crippen molar-refractivity contribution in [2.45, 2.75) is 47.0 Å². The van der Waals surface area contributed by atoms with Crippen molar-refractivity contribution in [2.75, 3.05) is 25.1 Å². The number of esters is 1. The fourth-order valence-electron chi connectivity index (χ4n) is 2.97. The van der Waals surface area contributed by atoms with Gasteiger partial charge in [-0.2, -0.15) is 0 Å². The minimum Gasteiger partial charge on any atom is -0.490 e. The highest BCUT2D eigenvalue weighted by Gasteiger charge is 2.16. The number of hydrogen-bond acceptors (Lipinski definition) is 5. The summed E-state index contributed by atoms with van der Waals surface area (Å²) in [5.74, 6) is 0.336. The molecule has 30 heavy (non-hydrogen) atoms. The summed E-state index contributed by atoms with van der Waals surface area (Å²) in [5.41, 5.74) is 3.07. The molecule has 162 valence electrons. The van der Waals surface area contributed by atoms with Crippen molar-refractivity contribution in [3.05, 3.63) is 53.1 Å². The second-order valence-electron chi connectivity index (χ2n) is 7.26. The number of hydrogen-bond donors (Lipinski definition) is 1. The Morgan fingerprint density at radius 3 is 2.47 bits per heavy atom. The van der Waals surface area contributed by atoms with Gasteiger partial charge in [-0.15, -0.1) is 0 Å². The molecule has 0 saturated carbocycles. The Bertz CT molecular complexity index is 876. The minimum absolute atomic E-state index is 0.258. The number of ether oxygens (including phenoxy) is 3. The number of para-hydroxylation sites is 1. The third kappa shape index (κ3) is 6.24. The van der Waals surface area contributed by atoms with Crippen molar-refractivity contribution in [3.8, 4) is 11.5 Å². The van der Waals surface area contributed by atoms with Crippen LogP contribution in [0.15, 0.2) is 36.4 Å². The Morgan fingerprint density at radius 2 is 1.80 bits per heavy atom. The van der Waals surface area contributed by atoms with E-state index in [1.807, 2.05) is 39.0 Å². The van der Waals surface area contributed by atoms with Gasteiger partial charge < -0.3 is 19.5 Å². The van der Waals surface area contributed by atoms with Crippen LogP contribution in [0.2, 0.25) is 0 Å². The molecule has 0 radical (unpaired) electrons. The molecule has 0 fully saturated rings. The van der Waals surface area contributed by atoms with E-state index < -0.39 is 5.97 Å². The Balaban J connectivity index is 2.03. The molecule has 6 heteroatoms. The van der Waals surface area contributed by atoms with Crippen LogP contribution in [0.4, 0.5) is 5.69 Å². The maximum Gasteiger partial charge on any atom is 0.338 e. The molecule has 0 heterocycles. The highest BCUT2D eigenvalue weighted by atomic mass is 16.5. The van der Waals surface area contributed by atoms with Gasteiger partial charge >= 0.3 is 5.97 Å². The van der Waals surface area contributed by atoms with Crippen molar-refractivity contribution < 1.29 is 23.8 Å². The molecule has 2 aromatic carbocycles. The van der Waals surface area contributed by atoms with Gasteiger partial charge in [0.25, 0.3) is 5.91 Å². The summed E-state index contributed by atoms with van der Waals surface area (Å²) in [7, 11) is 0. The standard InChI is InChI=1S/C24H31NO5/c1-6-13-29-20-12-11-18(14-21(20)28-7-2)24(27)30-15-22(26)25-23-17(5)9-8-10-19(23)16(3)4/h8-12,14,16H,6-7,13,15H2,1-5H3,(H,25,26). The van der Waals surface area contributed by atoms with Crippen LogP contribution in [0.25, 0.3) is 0 Å². The molecule has 2 aromatic rings. The zero-order valence-electron chi connectivity index (χ0n) is 18.4. The Labute approximate surface area is 178 Å². The van der Waals surface area contributed by atoms with E-state index in [9.17, 15) is 9.59 Å². The van der Waals surface area contributed by atoms with E-state index in [4.69, 9.17) is 14.2 Å². The predicted octanol–water partition coefficient (Wildman–Crippen LogP) is 5.10. The first-order valence-corrected chi connectivity index (χ1v) is 10.3. The number of aryl methyl sites for hydroxylation is 1. The van der Waals surface area contributed by atoms with E-state index in [1.54, 1.807) is 18.2 Å². The Hall–Kier alpha value is -3.02. The maximum absolute atomic E-state index is 12.4. The molecule has 0 aliphatic heterocycles. The number of anilines is 1. The van der Waals surface area contributed by atoms with Crippen molar-refractivity contribution >= 4 is 17.6 Å². The van der Waals surface area contributed by atoms with Crippen LogP contribution in [0.1, 0.15) is 61.5 Å². The van der Waals surface area contributed by atoms with E-state index in [1.165, 1.54) is 0 Å². The molecule has 0 atom stereocenters. The van der Waals surface area contributed by atoms with Crippen LogP contribution >= 0.6 is 0 Å². The Morgan fingerprint density at radius 1 is 1.03 bits per heavy atom. The number of carbonyl (C=O) groups excluding carboxylic acids is 2. The van der Waals surface area contributed by atoms with E-state index in [2.05, 4.69) is 19.2 Å². The van der Waals surface area contributed by atoms with Crippen LogP contribution in [-0.4, -0.2) is 31.7 Å². The zero-order valence-corrected chi connectivity index (χ0v) is 18.4. The molecular formula is C24H31NO5. The minimum atomic E-state index is -0.595. The lowest BCUT2D eigenvalue weighted by Crippen LogP contribution is -2.22. The monoisotopic (exact) mass is 413 g/mol. The highest BCUT2D eigenvalue weighted by molar-refractivity contribution is 5.96. The van der Waals surface area contributed by atoms with Gasteiger partial charge in [0.15, 0.2) is 18.1 Å². The molecular weight excluding hydrogens is 382 g/mol. The van der Waals surface area contributed by atoms with E-state index in [0.717, 1.165) is 23.2 Å². The van der Waals surface area contributed by atoms with Crippen LogP contribution in [0.3, 0.4) is 0 Å². The molecule has 2 rings (SSSR count). The quantitative estimate of drug-likeness (QED) is 0.549. The molecule has 0 aliphatic carbocycles. The van der Waals surface area contributed by atoms with Gasteiger partial charge in [-0.25, -0.2) is 4.79 Å². The topological polar surface area (TPSA) is 73.9 Å². The van der Waals surface area contributed by atoms with Gasteiger partial charge in [-0.05, 0) is 55.5 Å². The average molecular weight is 414 g/mol. The first-order valence-electron chi connectivity index (χ1n) is 10.3. The first-order chi connectivity index (χ1) is 14.4.